The number of amides is 1. The number of hydrogen-bond acceptors (Lipinski definition) is 3. The van der Waals surface area contributed by atoms with Crippen molar-refractivity contribution in [3.05, 3.63) is 35.4 Å². The van der Waals surface area contributed by atoms with E-state index in [1.807, 2.05) is 0 Å². The van der Waals surface area contributed by atoms with Crippen molar-refractivity contribution in [2.75, 3.05) is 13.7 Å². The summed E-state index contributed by atoms with van der Waals surface area (Å²) in [5, 5.41) is 9.07. The third kappa shape index (κ3) is 2.41. The van der Waals surface area contributed by atoms with Gasteiger partial charge in [0.15, 0.2) is 17.7 Å². The number of carboxylic acid groups (broad SMARTS) is 1. The van der Waals surface area contributed by atoms with E-state index in [1.165, 1.54) is 13.1 Å². The first-order valence-electron chi connectivity index (χ1n) is 5.47. The zero-order chi connectivity index (χ0) is 14.2. The number of morpholine rings is 1. The summed E-state index contributed by atoms with van der Waals surface area (Å²) in [6.07, 6.45) is -1.31. The highest BCUT2D eigenvalue weighted by atomic mass is 19.2. The molecule has 102 valence electrons. The first-order chi connectivity index (χ1) is 8.91. The summed E-state index contributed by atoms with van der Waals surface area (Å²) in [5.74, 6) is -3.84. The van der Waals surface area contributed by atoms with Crippen LogP contribution in [0.4, 0.5) is 8.78 Å². The van der Waals surface area contributed by atoms with Crippen LogP contribution in [-0.4, -0.2) is 41.6 Å². The average molecular weight is 271 g/mol. The fraction of sp³-hybridized carbons (Fsp3) is 0.333. The zero-order valence-corrected chi connectivity index (χ0v) is 9.97. The Hall–Kier alpha value is -2.02. The van der Waals surface area contributed by atoms with Gasteiger partial charge in [0, 0.05) is 7.05 Å². The molecule has 1 amide bonds. The topological polar surface area (TPSA) is 66.8 Å². The van der Waals surface area contributed by atoms with Gasteiger partial charge in [-0.05, 0) is 17.7 Å². The monoisotopic (exact) mass is 271 g/mol. The van der Waals surface area contributed by atoms with Crippen molar-refractivity contribution >= 4 is 11.9 Å². The van der Waals surface area contributed by atoms with Gasteiger partial charge in [0.05, 0.1) is 6.04 Å². The van der Waals surface area contributed by atoms with Crippen molar-refractivity contribution in [2.24, 2.45) is 0 Å². The molecule has 1 aromatic carbocycles. The van der Waals surface area contributed by atoms with E-state index < -0.39 is 35.7 Å². The molecule has 0 bridgehead atoms. The summed E-state index contributed by atoms with van der Waals surface area (Å²) in [4.78, 5) is 23.8. The Bertz CT molecular complexity index is 534. The molecule has 0 radical (unpaired) electrons. The van der Waals surface area contributed by atoms with Crippen LogP contribution in [0.15, 0.2) is 18.2 Å². The molecule has 7 heteroatoms. The summed E-state index contributed by atoms with van der Waals surface area (Å²) >= 11 is 0. The molecule has 1 aromatic rings. The molecule has 0 aromatic heterocycles. The van der Waals surface area contributed by atoms with Gasteiger partial charge in [-0.1, -0.05) is 6.07 Å². The third-order valence-corrected chi connectivity index (χ3v) is 3.01. The Morgan fingerprint density at radius 2 is 2.11 bits per heavy atom. The Labute approximate surface area is 107 Å². The molecule has 2 unspecified atom stereocenters. The number of benzene rings is 1. The predicted octanol–water partition coefficient (Wildman–Crippen LogP) is 0.948. The Kier molecular flexibility index (Phi) is 3.48. The van der Waals surface area contributed by atoms with E-state index in [1.54, 1.807) is 0 Å². The summed E-state index contributed by atoms with van der Waals surface area (Å²) in [5.41, 5.74) is 0.168. The minimum Gasteiger partial charge on any atom is -0.479 e. The minimum absolute atomic E-state index is 0.168. The number of hydrogen-bond donors (Lipinski definition) is 1. The Balaban J connectivity index is 2.43. The van der Waals surface area contributed by atoms with Gasteiger partial charge >= 0.3 is 5.97 Å². The second-order valence-corrected chi connectivity index (χ2v) is 4.19. The number of aliphatic carboxylic acids is 1. The van der Waals surface area contributed by atoms with Gasteiger partial charge in [-0.25, -0.2) is 13.6 Å². The number of nitrogens with zero attached hydrogens (tertiary/aromatic N) is 1. The summed E-state index contributed by atoms with van der Waals surface area (Å²) in [7, 11) is 1.40. The Morgan fingerprint density at radius 1 is 1.42 bits per heavy atom. The molecule has 1 saturated heterocycles. The van der Waals surface area contributed by atoms with Gasteiger partial charge in [-0.3, -0.25) is 4.79 Å². The second-order valence-electron chi connectivity index (χ2n) is 4.19. The lowest BCUT2D eigenvalue weighted by atomic mass is 9.98. The van der Waals surface area contributed by atoms with Gasteiger partial charge in [0.25, 0.3) is 0 Å². The van der Waals surface area contributed by atoms with Crippen molar-refractivity contribution in [3.63, 3.8) is 0 Å². The molecule has 5 nitrogen and oxygen atoms in total. The van der Waals surface area contributed by atoms with E-state index in [-0.39, 0.29) is 12.2 Å². The molecule has 0 saturated carbocycles. The predicted molar refractivity (Wildman–Crippen MR) is 59.2 cm³/mol. The molecule has 1 aliphatic heterocycles. The SMILES string of the molecule is CN1C(=O)COC(C(=O)O)C1c1ccc(F)c(F)c1. The van der Waals surface area contributed by atoms with Crippen LogP contribution in [-0.2, 0) is 14.3 Å². The van der Waals surface area contributed by atoms with E-state index in [0.717, 1.165) is 17.0 Å². The molecule has 2 atom stereocenters. The molecule has 1 N–H and O–H groups in total. The van der Waals surface area contributed by atoms with Crippen molar-refractivity contribution < 1.29 is 28.2 Å². The molecule has 0 aliphatic carbocycles. The van der Waals surface area contributed by atoms with E-state index >= 15 is 0 Å². The first kappa shape index (κ1) is 13.4. The van der Waals surface area contributed by atoms with Gasteiger partial charge in [0.1, 0.15) is 6.61 Å². The molecule has 1 heterocycles. The number of halogens is 2. The van der Waals surface area contributed by atoms with E-state index in [2.05, 4.69) is 0 Å². The van der Waals surface area contributed by atoms with Crippen molar-refractivity contribution in [1.82, 2.24) is 4.90 Å². The van der Waals surface area contributed by atoms with Crippen molar-refractivity contribution in [3.8, 4) is 0 Å². The van der Waals surface area contributed by atoms with Gasteiger partial charge < -0.3 is 14.7 Å². The van der Waals surface area contributed by atoms with Crippen molar-refractivity contribution in [1.29, 1.82) is 0 Å². The van der Waals surface area contributed by atoms with Crippen molar-refractivity contribution in [2.45, 2.75) is 12.1 Å². The lowest BCUT2D eigenvalue weighted by molar-refractivity contribution is -0.171. The van der Waals surface area contributed by atoms with Crippen LogP contribution >= 0.6 is 0 Å². The maximum absolute atomic E-state index is 13.2. The number of carbonyl (C=O) groups is 2. The minimum atomic E-state index is -1.31. The largest absolute Gasteiger partial charge is 0.479 e. The van der Waals surface area contributed by atoms with Crippen LogP contribution in [0.25, 0.3) is 0 Å². The quantitative estimate of drug-likeness (QED) is 0.869. The number of ether oxygens (including phenoxy) is 1. The van der Waals surface area contributed by atoms with Crippen LogP contribution in [0.2, 0.25) is 0 Å². The fourth-order valence-electron chi connectivity index (χ4n) is 2.01. The van der Waals surface area contributed by atoms with Crippen LogP contribution < -0.4 is 0 Å². The van der Waals surface area contributed by atoms with Gasteiger partial charge in [-0.2, -0.15) is 0 Å². The summed E-state index contributed by atoms with van der Waals surface area (Å²) in [6, 6.07) is 2.00. The van der Waals surface area contributed by atoms with Gasteiger partial charge in [0.2, 0.25) is 5.91 Å². The Morgan fingerprint density at radius 3 is 2.68 bits per heavy atom. The zero-order valence-electron chi connectivity index (χ0n) is 9.97. The molecule has 1 aliphatic rings. The van der Waals surface area contributed by atoms with E-state index in [9.17, 15) is 18.4 Å². The van der Waals surface area contributed by atoms with Crippen LogP contribution in [0.5, 0.6) is 0 Å². The first-order valence-corrected chi connectivity index (χ1v) is 5.47. The maximum atomic E-state index is 13.2. The smallest absolute Gasteiger partial charge is 0.335 e. The molecular formula is C12H11F2NO4. The molecule has 2 rings (SSSR count). The van der Waals surface area contributed by atoms with E-state index in [4.69, 9.17) is 9.84 Å². The second kappa shape index (κ2) is 4.93. The highest BCUT2D eigenvalue weighted by Gasteiger charge is 2.40. The van der Waals surface area contributed by atoms with Crippen LogP contribution in [0.1, 0.15) is 11.6 Å². The third-order valence-electron chi connectivity index (χ3n) is 3.01. The molecular weight excluding hydrogens is 260 g/mol. The molecule has 19 heavy (non-hydrogen) atoms. The highest BCUT2D eigenvalue weighted by Crippen LogP contribution is 2.30. The fourth-order valence-corrected chi connectivity index (χ4v) is 2.01. The van der Waals surface area contributed by atoms with E-state index in [0.29, 0.717) is 0 Å². The average Bonchev–Trinajstić information content (AvgIpc) is 2.35. The lowest BCUT2D eigenvalue weighted by Gasteiger charge is -2.37. The standard InChI is InChI=1S/C12H11F2NO4/c1-15-9(16)5-19-11(12(17)18)10(15)6-2-3-7(13)8(14)4-6/h2-4,10-11H,5H2,1H3,(H,17,18). The number of carbonyl (C=O) groups excluding carboxylic acids is 1. The summed E-state index contributed by atoms with van der Waals surface area (Å²) < 4.78 is 31.1. The lowest BCUT2D eigenvalue weighted by Crippen LogP contribution is -2.50. The van der Waals surface area contributed by atoms with Crippen LogP contribution in [0, 0.1) is 11.6 Å². The number of likely N-dealkylation sites (N-methyl/N-ethyl adjacent to an activating group) is 1. The highest BCUT2D eigenvalue weighted by molar-refractivity contribution is 5.82. The number of rotatable bonds is 2. The normalized spacial score (nSPS) is 23.5. The maximum Gasteiger partial charge on any atom is 0.335 e. The van der Waals surface area contributed by atoms with Crippen LogP contribution in [0.3, 0.4) is 0 Å². The van der Waals surface area contributed by atoms with Gasteiger partial charge in [-0.15, -0.1) is 0 Å². The number of carboxylic acids is 1. The summed E-state index contributed by atoms with van der Waals surface area (Å²) in [6.45, 7) is -0.354. The molecule has 0 spiro atoms. The molecule has 1 fully saturated rings.